The number of rotatable bonds is 2. The number of nitrogens with one attached hydrogen (secondary N) is 2. The van der Waals surface area contributed by atoms with Crippen molar-refractivity contribution in [2.24, 2.45) is 0 Å². The Hall–Kier alpha value is -3.30. The summed E-state index contributed by atoms with van der Waals surface area (Å²) in [5, 5.41) is 2.79. The number of alkyl halides is 3. The first kappa shape index (κ1) is 26.3. The van der Waals surface area contributed by atoms with Gasteiger partial charge in [-0.1, -0.05) is 40.7 Å². The Balaban J connectivity index is 0.00000167. The van der Waals surface area contributed by atoms with Gasteiger partial charge in [-0.2, -0.15) is 13.2 Å². The number of aromatic nitrogens is 3. The lowest BCUT2D eigenvalue weighted by molar-refractivity contribution is -0.137. The van der Waals surface area contributed by atoms with Crippen LogP contribution in [0.15, 0.2) is 36.5 Å². The molecule has 1 aliphatic rings. The summed E-state index contributed by atoms with van der Waals surface area (Å²) in [6.45, 7) is 12.9. The fourth-order valence-corrected chi connectivity index (χ4v) is 4.03. The first-order valence-corrected chi connectivity index (χ1v) is 11.8. The Kier molecular flexibility index (Phi) is 7.62. The zero-order chi connectivity index (χ0) is 26.0. The van der Waals surface area contributed by atoms with Crippen LogP contribution in [0.25, 0.3) is 11.0 Å². The summed E-state index contributed by atoms with van der Waals surface area (Å²) >= 11 is 0. The number of anilines is 2. The van der Waals surface area contributed by atoms with Gasteiger partial charge in [0.05, 0.1) is 16.6 Å². The van der Waals surface area contributed by atoms with Crippen LogP contribution in [0.1, 0.15) is 52.7 Å². The Morgan fingerprint density at radius 1 is 1.14 bits per heavy atom. The van der Waals surface area contributed by atoms with Gasteiger partial charge in [0.15, 0.2) is 0 Å². The molecule has 7 nitrogen and oxygen atoms in total. The van der Waals surface area contributed by atoms with E-state index in [1.54, 1.807) is 16.7 Å². The summed E-state index contributed by atoms with van der Waals surface area (Å²) in [7, 11) is 0. The third-order valence-corrected chi connectivity index (χ3v) is 5.85. The highest BCUT2D eigenvalue weighted by Crippen LogP contribution is 2.35. The van der Waals surface area contributed by atoms with Gasteiger partial charge in [0.2, 0.25) is 5.95 Å². The minimum atomic E-state index is -4.49. The molecular formula is C25H33F3N6O. The number of hydrogen-bond donors (Lipinski definition) is 2. The molecule has 2 aromatic heterocycles. The van der Waals surface area contributed by atoms with E-state index in [0.717, 1.165) is 22.7 Å². The van der Waals surface area contributed by atoms with Crippen LogP contribution in [-0.2, 0) is 11.6 Å². The predicted molar refractivity (Wildman–Crippen MR) is 133 cm³/mol. The first-order chi connectivity index (χ1) is 16.4. The fourth-order valence-electron chi connectivity index (χ4n) is 4.03. The molecule has 0 radical (unpaired) electrons. The van der Waals surface area contributed by atoms with E-state index in [0.29, 0.717) is 5.95 Å². The van der Waals surface area contributed by atoms with Crippen LogP contribution in [0.4, 0.5) is 29.7 Å². The van der Waals surface area contributed by atoms with E-state index in [1.165, 1.54) is 12.3 Å². The van der Waals surface area contributed by atoms with E-state index in [-0.39, 0.29) is 42.9 Å². The lowest BCUT2D eigenvalue weighted by atomic mass is 9.87. The largest absolute Gasteiger partial charge is 0.419 e. The Labute approximate surface area is 203 Å². The molecule has 1 aliphatic heterocycles. The van der Waals surface area contributed by atoms with E-state index in [4.69, 9.17) is 0 Å². The number of urea groups is 1. The summed E-state index contributed by atoms with van der Waals surface area (Å²) in [5.41, 5.74) is 1.93. The maximum absolute atomic E-state index is 13.4. The SMILES string of the molecule is CC.CC1CN(c2ncccc2C(F)(F)F)CCN1C(=O)Nc1nc2ccc(C(C)(C)C)cc2[nH]1. The standard InChI is InChI=1S/C23H27F3N6O.C2H6/c1-14-13-31(19-16(23(24,25)26)6-5-9-27-19)10-11-32(14)21(33)30-20-28-17-8-7-15(22(2,3)4)12-18(17)29-20;1-2/h5-9,12,14H,10-11,13H2,1-4H3,(H2,28,29,30,33);1-2H3. The number of aromatic amines is 1. The number of hydrogen-bond acceptors (Lipinski definition) is 4. The van der Waals surface area contributed by atoms with Crippen LogP contribution in [0.2, 0.25) is 0 Å². The van der Waals surface area contributed by atoms with Gasteiger partial charge in [-0.05, 0) is 42.2 Å². The molecular weight excluding hydrogens is 457 g/mol. The van der Waals surface area contributed by atoms with E-state index in [1.807, 2.05) is 32.0 Å². The van der Waals surface area contributed by atoms with Crippen molar-refractivity contribution in [1.82, 2.24) is 19.9 Å². The second kappa shape index (κ2) is 10.1. The number of imidazole rings is 1. The molecule has 2 N–H and O–H groups in total. The zero-order valence-electron chi connectivity index (χ0n) is 21.0. The molecule has 1 atom stereocenters. The second-order valence-corrected chi connectivity index (χ2v) is 9.36. The number of carbonyl (C=O) groups is 1. The molecule has 1 unspecified atom stereocenters. The number of amides is 2. The molecule has 2 amide bonds. The van der Waals surface area contributed by atoms with Crippen LogP contribution in [0, 0.1) is 0 Å². The van der Waals surface area contributed by atoms with Gasteiger partial charge in [0.25, 0.3) is 0 Å². The van der Waals surface area contributed by atoms with Crippen molar-refractivity contribution < 1.29 is 18.0 Å². The second-order valence-electron chi connectivity index (χ2n) is 9.36. The third-order valence-electron chi connectivity index (χ3n) is 5.85. The van der Waals surface area contributed by atoms with Crippen molar-refractivity contribution in [1.29, 1.82) is 0 Å². The first-order valence-electron chi connectivity index (χ1n) is 11.8. The van der Waals surface area contributed by atoms with Gasteiger partial charge in [-0.15, -0.1) is 0 Å². The summed E-state index contributed by atoms with van der Waals surface area (Å²) in [4.78, 5) is 27.6. The minimum Gasteiger partial charge on any atom is -0.352 e. The lowest BCUT2D eigenvalue weighted by Gasteiger charge is -2.40. The summed E-state index contributed by atoms with van der Waals surface area (Å²) in [6, 6.07) is 7.57. The van der Waals surface area contributed by atoms with Gasteiger partial charge in [-0.25, -0.2) is 14.8 Å². The molecule has 1 saturated heterocycles. The predicted octanol–water partition coefficient (Wildman–Crippen LogP) is 6.04. The number of nitrogens with zero attached hydrogens (tertiary/aromatic N) is 4. The van der Waals surface area contributed by atoms with Crippen molar-refractivity contribution in [2.75, 3.05) is 29.9 Å². The molecule has 190 valence electrons. The molecule has 35 heavy (non-hydrogen) atoms. The lowest BCUT2D eigenvalue weighted by Crippen LogP contribution is -2.55. The van der Waals surface area contributed by atoms with Crippen molar-refractivity contribution >= 4 is 28.8 Å². The fraction of sp³-hybridized carbons (Fsp3) is 0.480. The summed E-state index contributed by atoms with van der Waals surface area (Å²) in [5.74, 6) is 0.226. The van der Waals surface area contributed by atoms with Gasteiger partial charge in [-0.3, -0.25) is 5.32 Å². The average Bonchev–Trinajstić information content (AvgIpc) is 3.20. The summed E-state index contributed by atoms with van der Waals surface area (Å²) in [6.07, 6.45) is -3.14. The Morgan fingerprint density at radius 2 is 1.86 bits per heavy atom. The molecule has 0 saturated carbocycles. The number of H-pyrrole nitrogens is 1. The van der Waals surface area contributed by atoms with Crippen molar-refractivity contribution in [3.8, 4) is 0 Å². The normalized spacial score (nSPS) is 16.7. The van der Waals surface area contributed by atoms with Crippen LogP contribution in [0.5, 0.6) is 0 Å². The molecule has 1 aromatic carbocycles. The van der Waals surface area contributed by atoms with E-state index in [2.05, 4.69) is 41.0 Å². The zero-order valence-corrected chi connectivity index (χ0v) is 21.0. The van der Waals surface area contributed by atoms with Crippen molar-refractivity contribution in [3.63, 3.8) is 0 Å². The average molecular weight is 491 g/mol. The molecule has 3 aromatic rings. The molecule has 0 aliphatic carbocycles. The van der Waals surface area contributed by atoms with Crippen LogP contribution in [-0.4, -0.2) is 51.6 Å². The molecule has 10 heteroatoms. The molecule has 0 spiro atoms. The number of carbonyl (C=O) groups excluding carboxylic acids is 1. The summed E-state index contributed by atoms with van der Waals surface area (Å²) < 4.78 is 40.1. The van der Waals surface area contributed by atoms with Gasteiger partial charge in [0.1, 0.15) is 5.82 Å². The van der Waals surface area contributed by atoms with Gasteiger partial charge < -0.3 is 14.8 Å². The van der Waals surface area contributed by atoms with Crippen molar-refractivity contribution in [2.45, 2.75) is 59.2 Å². The number of piperazine rings is 1. The van der Waals surface area contributed by atoms with E-state index >= 15 is 0 Å². The number of pyridine rings is 1. The molecule has 3 heterocycles. The monoisotopic (exact) mass is 490 g/mol. The smallest absolute Gasteiger partial charge is 0.352 e. The third kappa shape index (κ3) is 5.86. The highest BCUT2D eigenvalue weighted by atomic mass is 19.4. The number of fused-ring (bicyclic) bond motifs is 1. The molecule has 1 fully saturated rings. The molecule has 4 rings (SSSR count). The highest BCUT2D eigenvalue weighted by molar-refractivity contribution is 5.90. The molecule has 0 bridgehead atoms. The Bertz CT molecular complexity index is 1170. The highest BCUT2D eigenvalue weighted by Gasteiger charge is 2.37. The maximum atomic E-state index is 13.4. The topological polar surface area (TPSA) is 77.2 Å². The number of benzene rings is 1. The van der Waals surface area contributed by atoms with Crippen molar-refractivity contribution in [3.05, 3.63) is 47.7 Å². The maximum Gasteiger partial charge on any atom is 0.419 e. The quantitative estimate of drug-likeness (QED) is 0.459. The van der Waals surface area contributed by atoms with E-state index < -0.39 is 11.7 Å². The van der Waals surface area contributed by atoms with Crippen LogP contribution in [0.3, 0.4) is 0 Å². The van der Waals surface area contributed by atoms with E-state index in [9.17, 15) is 18.0 Å². The Morgan fingerprint density at radius 3 is 2.49 bits per heavy atom. The van der Waals surface area contributed by atoms with Gasteiger partial charge in [0, 0.05) is 31.9 Å². The van der Waals surface area contributed by atoms with Gasteiger partial charge >= 0.3 is 12.2 Å². The minimum absolute atomic E-state index is 0.0165. The number of halogens is 3. The van der Waals surface area contributed by atoms with Crippen LogP contribution >= 0.6 is 0 Å². The van der Waals surface area contributed by atoms with Crippen LogP contribution < -0.4 is 10.2 Å².